The van der Waals surface area contributed by atoms with Gasteiger partial charge in [-0.25, -0.2) is 0 Å². The molecule has 1 saturated carbocycles. The minimum atomic E-state index is 0.385. The van der Waals surface area contributed by atoms with Crippen molar-refractivity contribution < 1.29 is 0 Å². The van der Waals surface area contributed by atoms with Crippen LogP contribution in [0.2, 0.25) is 0 Å². The first-order valence-electron chi connectivity index (χ1n) is 8.28. The van der Waals surface area contributed by atoms with E-state index in [1.54, 1.807) is 0 Å². The van der Waals surface area contributed by atoms with Crippen LogP contribution in [0, 0.1) is 11.8 Å². The van der Waals surface area contributed by atoms with Gasteiger partial charge in [-0.05, 0) is 59.9 Å². The highest BCUT2D eigenvalue weighted by Crippen LogP contribution is 2.27. The van der Waals surface area contributed by atoms with E-state index in [-0.39, 0.29) is 0 Å². The lowest BCUT2D eigenvalue weighted by molar-refractivity contribution is 0.124. The predicted molar refractivity (Wildman–Crippen MR) is 87.1 cm³/mol. The number of likely N-dealkylation sites (tertiary alicyclic amines) is 1. The molecule has 2 fully saturated rings. The average Bonchev–Trinajstić information content (AvgIpc) is 2.92. The summed E-state index contributed by atoms with van der Waals surface area (Å²) >= 11 is 1.81. The summed E-state index contributed by atoms with van der Waals surface area (Å²) in [6.45, 7) is 3.69. The van der Waals surface area contributed by atoms with Crippen LogP contribution in [0.3, 0.4) is 0 Å². The summed E-state index contributed by atoms with van der Waals surface area (Å²) in [4.78, 5) is 2.67. The van der Waals surface area contributed by atoms with Crippen molar-refractivity contribution in [2.45, 2.75) is 51.0 Å². The number of piperidine rings is 1. The molecule has 0 aromatic carbocycles. The van der Waals surface area contributed by atoms with Gasteiger partial charge in [-0.15, -0.1) is 0 Å². The first-order chi connectivity index (χ1) is 9.79. The number of nitrogens with zero attached hydrogens (tertiary/aromatic N) is 1. The smallest absolute Gasteiger partial charge is 0.0171 e. The lowest BCUT2D eigenvalue weighted by Crippen LogP contribution is -2.49. The van der Waals surface area contributed by atoms with E-state index < -0.39 is 0 Å². The molecule has 0 amide bonds. The van der Waals surface area contributed by atoms with Gasteiger partial charge >= 0.3 is 0 Å². The Bertz CT molecular complexity index is 384. The van der Waals surface area contributed by atoms with Crippen LogP contribution >= 0.6 is 11.3 Å². The van der Waals surface area contributed by atoms with Gasteiger partial charge in [0.1, 0.15) is 0 Å². The lowest BCUT2D eigenvalue weighted by Gasteiger charge is -2.38. The fourth-order valence-electron chi connectivity index (χ4n) is 4.12. The summed E-state index contributed by atoms with van der Waals surface area (Å²) in [6.07, 6.45) is 9.67. The SMILES string of the molecule is NC1CC(Cc2ccsc2)CN(CC2CCCCC2)C1. The zero-order valence-corrected chi connectivity index (χ0v) is 13.3. The molecule has 2 heterocycles. The highest BCUT2D eigenvalue weighted by atomic mass is 32.1. The second kappa shape index (κ2) is 7.06. The van der Waals surface area contributed by atoms with Gasteiger partial charge in [-0.3, -0.25) is 0 Å². The van der Waals surface area contributed by atoms with Gasteiger partial charge in [0.15, 0.2) is 0 Å². The maximum absolute atomic E-state index is 6.31. The molecule has 1 aromatic rings. The van der Waals surface area contributed by atoms with Crippen LogP contribution in [-0.4, -0.2) is 30.6 Å². The van der Waals surface area contributed by atoms with Crippen LogP contribution in [0.4, 0.5) is 0 Å². The number of nitrogens with two attached hydrogens (primary N) is 1. The van der Waals surface area contributed by atoms with Gasteiger partial charge in [0, 0.05) is 25.7 Å². The van der Waals surface area contributed by atoms with E-state index in [1.165, 1.54) is 63.6 Å². The van der Waals surface area contributed by atoms with E-state index in [0.717, 1.165) is 18.4 Å². The second-order valence-corrected chi connectivity index (χ2v) is 7.70. The minimum absolute atomic E-state index is 0.385. The molecular weight excluding hydrogens is 264 g/mol. The van der Waals surface area contributed by atoms with Crippen molar-refractivity contribution in [1.29, 1.82) is 0 Å². The summed E-state index contributed by atoms with van der Waals surface area (Å²) in [6, 6.07) is 2.66. The molecule has 1 aliphatic carbocycles. The van der Waals surface area contributed by atoms with Crippen LogP contribution in [-0.2, 0) is 6.42 Å². The van der Waals surface area contributed by atoms with Crippen LogP contribution < -0.4 is 5.73 Å². The Morgan fingerprint density at radius 3 is 2.75 bits per heavy atom. The monoisotopic (exact) mass is 292 g/mol. The first kappa shape index (κ1) is 14.6. The average molecular weight is 292 g/mol. The van der Waals surface area contributed by atoms with Crippen molar-refractivity contribution in [2.75, 3.05) is 19.6 Å². The normalized spacial score (nSPS) is 29.6. The fraction of sp³-hybridized carbons (Fsp3) is 0.765. The molecule has 112 valence electrons. The van der Waals surface area contributed by atoms with Crippen LogP contribution in [0.5, 0.6) is 0 Å². The van der Waals surface area contributed by atoms with Crippen molar-refractivity contribution in [3.63, 3.8) is 0 Å². The molecule has 2 aliphatic rings. The summed E-state index contributed by atoms with van der Waals surface area (Å²) in [5.74, 6) is 1.70. The van der Waals surface area contributed by atoms with E-state index in [9.17, 15) is 0 Å². The third kappa shape index (κ3) is 4.06. The van der Waals surface area contributed by atoms with Crippen molar-refractivity contribution in [2.24, 2.45) is 17.6 Å². The van der Waals surface area contributed by atoms with Crippen LogP contribution in [0.1, 0.15) is 44.1 Å². The lowest BCUT2D eigenvalue weighted by atomic mass is 9.86. The van der Waals surface area contributed by atoms with Crippen molar-refractivity contribution in [1.82, 2.24) is 4.90 Å². The predicted octanol–water partition coefficient (Wildman–Crippen LogP) is 3.52. The Labute approximate surface area is 127 Å². The topological polar surface area (TPSA) is 29.3 Å². The molecule has 1 aromatic heterocycles. The van der Waals surface area contributed by atoms with Crippen molar-refractivity contribution in [3.05, 3.63) is 22.4 Å². The maximum atomic E-state index is 6.31. The molecule has 0 spiro atoms. The van der Waals surface area contributed by atoms with Gasteiger partial charge in [0.05, 0.1) is 0 Å². The van der Waals surface area contributed by atoms with E-state index in [0.29, 0.717) is 6.04 Å². The van der Waals surface area contributed by atoms with Crippen molar-refractivity contribution >= 4 is 11.3 Å². The highest BCUT2D eigenvalue weighted by Gasteiger charge is 2.27. The number of hydrogen-bond donors (Lipinski definition) is 1. The third-order valence-corrected chi connectivity index (χ3v) is 5.72. The Hall–Kier alpha value is -0.380. The first-order valence-corrected chi connectivity index (χ1v) is 9.23. The van der Waals surface area contributed by atoms with Gasteiger partial charge in [-0.1, -0.05) is 19.3 Å². The summed E-state index contributed by atoms with van der Waals surface area (Å²) in [5, 5.41) is 4.49. The Morgan fingerprint density at radius 2 is 2.00 bits per heavy atom. The molecule has 2 nitrogen and oxygen atoms in total. The molecule has 1 aliphatic heterocycles. The largest absolute Gasteiger partial charge is 0.327 e. The molecule has 20 heavy (non-hydrogen) atoms. The van der Waals surface area contributed by atoms with Crippen LogP contribution in [0.15, 0.2) is 16.8 Å². The molecule has 1 saturated heterocycles. The second-order valence-electron chi connectivity index (χ2n) is 6.92. The zero-order valence-electron chi connectivity index (χ0n) is 12.5. The summed E-state index contributed by atoms with van der Waals surface area (Å²) in [5.41, 5.74) is 7.82. The number of hydrogen-bond acceptors (Lipinski definition) is 3. The van der Waals surface area contributed by atoms with E-state index in [4.69, 9.17) is 5.73 Å². The molecule has 0 bridgehead atoms. The maximum Gasteiger partial charge on any atom is 0.0171 e. The molecular formula is C17H28N2S. The quantitative estimate of drug-likeness (QED) is 0.920. The Balaban J connectivity index is 1.52. The van der Waals surface area contributed by atoms with Gasteiger partial charge in [0.2, 0.25) is 0 Å². The third-order valence-electron chi connectivity index (χ3n) is 4.99. The van der Waals surface area contributed by atoms with Crippen molar-refractivity contribution in [3.8, 4) is 0 Å². The molecule has 2 atom stereocenters. The van der Waals surface area contributed by atoms with E-state index in [2.05, 4.69) is 21.7 Å². The van der Waals surface area contributed by atoms with Gasteiger partial charge in [-0.2, -0.15) is 11.3 Å². The fourth-order valence-corrected chi connectivity index (χ4v) is 4.80. The van der Waals surface area contributed by atoms with Gasteiger partial charge in [0.25, 0.3) is 0 Å². The molecule has 0 radical (unpaired) electrons. The molecule has 2 N–H and O–H groups in total. The number of rotatable bonds is 4. The Morgan fingerprint density at radius 1 is 1.15 bits per heavy atom. The minimum Gasteiger partial charge on any atom is -0.327 e. The zero-order chi connectivity index (χ0) is 13.8. The highest BCUT2D eigenvalue weighted by molar-refractivity contribution is 7.07. The molecule has 3 rings (SSSR count). The Kier molecular flexibility index (Phi) is 5.14. The summed E-state index contributed by atoms with van der Waals surface area (Å²) < 4.78 is 0. The molecule has 3 heteroatoms. The van der Waals surface area contributed by atoms with E-state index >= 15 is 0 Å². The van der Waals surface area contributed by atoms with Crippen LogP contribution in [0.25, 0.3) is 0 Å². The molecule has 2 unspecified atom stereocenters. The van der Waals surface area contributed by atoms with Gasteiger partial charge < -0.3 is 10.6 Å². The number of thiophene rings is 1. The summed E-state index contributed by atoms with van der Waals surface area (Å²) in [7, 11) is 0. The van der Waals surface area contributed by atoms with E-state index in [1.807, 2.05) is 11.3 Å². The standard InChI is InChI=1S/C17H28N2S/c18-17-9-16(8-15-6-7-20-13-15)11-19(12-17)10-14-4-2-1-3-5-14/h6-7,13-14,16-17H,1-5,8-12,18H2.